The lowest BCUT2D eigenvalue weighted by Crippen LogP contribution is -2.48. The first kappa shape index (κ1) is 19.7. The number of rotatable bonds is 5. The summed E-state index contributed by atoms with van der Waals surface area (Å²) in [5, 5.41) is 15.9. The van der Waals surface area contributed by atoms with E-state index in [0.717, 1.165) is 34.9 Å². The smallest absolute Gasteiger partial charge is 0.269 e. The molecule has 150 valence electrons. The van der Waals surface area contributed by atoms with E-state index in [0.29, 0.717) is 24.5 Å². The fraction of sp³-hybridized carbons (Fsp3) is 0.300. The van der Waals surface area contributed by atoms with Crippen molar-refractivity contribution < 1.29 is 9.72 Å². The Balaban J connectivity index is 1.38. The number of carbonyl (C=O) groups is 1. The third-order valence-electron chi connectivity index (χ3n) is 4.95. The van der Waals surface area contributed by atoms with E-state index in [1.165, 1.54) is 17.4 Å². The summed E-state index contributed by atoms with van der Waals surface area (Å²) in [7, 11) is 0. The molecule has 1 aromatic carbocycles. The number of aromatic nitrogens is 1. The van der Waals surface area contributed by atoms with Gasteiger partial charge in [0.15, 0.2) is 0 Å². The van der Waals surface area contributed by atoms with Gasteiger partial charge in [-0.05, 0) is 23.9 Å². The first-order valence-electron chi connectivity index (χ1n) is 9.26. The lowest BCUT2D eigenvalue weighted by atomic mass is 10.1. The molecule has 2 aromatic heterocycles. The third-order valence-corrected chi connectivity index (χ3v) is 6.82. The number of benzene rings is 1. The number of nitro benzene ring substituents is 1. The number of nitrogens with zero attached hydrogens (tertiary/aromatic N) is 4. The molecule has 0 N–H and O–H groups in total. The predicted molar refractivity (Wildman–Crippen MR) is 114 cm³/mol. The van der Waals surface area contributed by atoms with Gasteiger partial charge in [-0.1, -0.05) is 12.1 Å². The maximum atomic E-state index is 13.0. The Morgan fingerprint density at radius 1 is 1.24 bits per heavy atom. The summed E-state index contributed by atoms with van der Waals surface area (Å²) in [6.07, 6.45) is 0. The largest absolute Gasteiger partial charge is 0.335 e. The molecule has 3 heterocycles. The summed E-state index contributed by atoms with van der Waals surface area (Å²) in [5.74, 6) is 0.0384. The van der Waals surface area contributed by atoms with Gasteiger partial charge in [-0.3, -0.25) is 19.8 Å². The summed E-state index contributed by atoms with van der Waals surface area (Å²) < 4.78 is 0. The van der Waals surface area contributed by atoms with Crippen molar-refractivity contribution in [2.24, 2.45) is 0 Å². The average molecular weight is 429 g/mol. The Kier molecular flexibility index (Phi) is 5.70. The molecule has 1 saturated heterocycles. The predicted octanol–water partition coefficient (Wildman–Crippen LogP) is 4.05. The molecule has 1 aliphatic rings. The van der Waals surface area contributed by atoms with Gasteiger partial charge in [-0.25, -0.2) is 4.98 Å². The highest BCUT2D eigenvalue weighted by Crippen LogP contribution is 2.30. The van der Waals surface area contributed by atoms with Crippen molar-refractivity contribution in [2.45, 2.75) is 13.5 Å². The molecule has 29 heavy (non-hydrogen) atoms. The second-order valence-corrected chi connectivity index (χ2v) is 8.72. The molecule has 1 aliphatic heterocycles. The van der Waals surface area contributed by atoms with Crippen LogP contribution in [0.1, 0.15) is 20.9 Å². The van der Waals surface area contributed by atoms with Gasteiger partial charge < -0.3 is 4.90 Å². The topological polar surface area (TPSA) is 79.6 Å². The van der Waals surface area contributed by atoms with Gasteiger partial charge in [-0.2, -0.15) is 11.3 Å². The normalized spacial score (nSPS) is 14.9. The van der Waals surface area contributed by atoms with E-state index in [1.807, 2.05) is 34.7 Å². The number of nitro groups is 1. The minimum absolute atomic E-state index is 0.0384. The van der Waals surface area contributed by atoms with Crippen LogP contribution in [0.15, 0.2) is 41.1 Å². The van der Waals surface area contributed by atoms with Gasteiger partial charge in [0.1, 0.15) is 9.88 Å². The van der Waals surface area contributed by atoms with E-state index < -0.39 is 0 Å². The number of thiazole rings is 1. The number of hydrogen-bond donors (Lipinski definition) is 0. The molecular weight excluding hydrogens is 408 g/mol. The third kappa shape index (κ3) is 4.36. The van der Waals surface area contributed by atoms with Crippen molar-refractivity contribution in [3.05, 3.63) is 67.3 Å². The maximum Gasteiger partial charge on any atom is 0.269 e. The van der Waals surface area contributed by atoms with Crippen LogP contribution in [0.25, 0.3) is 10.6 Å². The van der Waals surface area contributed by atoms with Crippen molar-refractivity contribution in [1.82, 2.24) is 14.8 Å². The van der Waals surface area contributed by atoms with Gasteiger partial charge in [0.25, 0.3) is 11.6 Å². The van der Waals surface area contributed by atoms with Crippen molar-refractivity contribution in [1.29, 1.82) is 0 Å². The Morgan fingerprint density at radius 3 is 2.72 bits per heavy atom. The fourth-order valence-electron chi connectivity index (χ4n) is 3.38. The van der Waals surface area contributed by atoms with Crippen molar-refractivity contribution >= 4 is 34.3 Å². The van der Waals surface area contributed by atoms with Crippen LogP contribution in [0.5, 0.6) is 0 Å². The molecule has 0 aliphatic carbocycles. The molecule has 3 aromatic rings. The molecule has 9 heteroatoms. The van der Waals surface area contributed by atoms with Gasteiger partial charge in [0, 0.05) is 55.8 Å². The number of non-ortho nitro benzene ring substituents is 1. The number of thiophene rings is 1. The van der Waals surface area contributed by atoms with Gasteiger partial charge in [-0.15, -0.1) is 11.3 Å². The summed E-state index contributed by atoms with van der Waals surface area (Å²) in [5.41, 5.74) is 2.86. The van der Waals surface area contributed by atoms with E-state index >= 15 is 0 Å². The van der Waals surface area contributed by atoms with Crippen molar-refractivity contribution in [3.63, 3.8) is 0 Å². The highest BCUT2D eigenvalue weighted by atomic mass is 32.1. The van der Waals surface area contributed by atoms with Crippen LogP contribution in [0.2, 0.25) is 0 Å². The van der Waals surface area contributed by atoms with Gasteiger partial charge in [0.05, 0.1) is 10.6 Å². The number of amides is 1. The Morgan fingerprint density at radius 2 is 2.03 bits per heavy atom. The zero-order valence-electron chi connectivity index (χ0n) is 15.9. The quantitative estimate of drug-likeness (QED) is 0.452. The Bertz CT molecular complexity index is 1020. The summed E-state index contributed by atoms with van der Waals surface area (Å²) >= 11 is 3.07. The molecule has 4 rings (SSSR count). The lowest BCUT2D eigenvalue weighted by molar-refractivity contribution is -0.384. The molecule has 7 nitrogen and oxygen atoms in total. The molecule has 0 radical (unpaired) electrons. The van der Waals surface area contributed by atoms with Gasteiger partial charge in [0.2, 0.25) is 0 Å². The molecule has 1 fully saturated rings. The van der Waals surface area contributed by atoms with Crippen LogP contribution in [-0.4, -0.2) is 51.8 Å². The van der Waals surface area contributed by atoms with Crippen LogP contribution in [0.3, 0.4) is 0 Å². The van der Waals surface area contributed by atoms with E-state index in [4.69, 9.17) is 0 Å². The summed E-state index contributed by atoms with van der Waals surface area (Å²) in [6, 6.07) is 8.75. The average Bonchev–Trinajstić information content (AvgIpc) is 3.38. The number of piperazine rings is 1. The zero-order chi connectivity index (χ0) is 20.4. The summed E-state index contributed by atoms with van der Waals surface area (Å²) in [6.45, 7) is 5.29. The molecular formula is C20H20N4O3S2. The Hall–Kier alpha value is -2.62. The lowest BCUT2D eigenvalue weighted by Gasteiger charge is -2.34. The zero-order valence-corrected chi connectivity index (χ0v) is 17.5. The van der Waals surface area contributed by atoms with Crippen LogP contribution >= 0.6 is 22.7 Å². The first-order chi connectivity index (χ1) is 14.0. The van der Waals surface area contributed by atoms with Crippen LogP contribution in [0.4, 0.5) is 5.69 Å². The number of carbonyl (C=O) groups excluding carboxylic acids is 1. The SMILES string of the molecule is Cc1nc(-c2ccsc2)sc1C(=O)N1CCN(Cc2cccc([N+](=O)[O-])c2)CC1. The second kappa shape index (κ2) is 8.40. The number of aryl methyl sites for hydroxylation is 1. The highest BCUT2D eigenvalue weighted by molar-refractivity contribution is 7.17. The first-order valence-corrected chi connectivity index (χ1v) is 11.0. The van der Waals surface area contributed by atoms with Crippen molar-refractivity contribution in [2.75, 3.05) is 26.2 Å². The van der Waals surface area contributed by atoms with Crippen LogP contribution in [0, 0.1) is 17.0 Å². The van der Waals surface area contributed by atoms with Gasteiger partial charge >= 0.3 is 0 Å². The number of hydrogen-bond acceptors (Lipinski definition) is 7. The van der Waals surface area contributed by atoms with Crippen molar-refractivity contribution in [3.8, 4) is 10.6 Å². The maximum absolute atomic E-state index is 13.0. The van der Waals surface area contributed by atoms with E-state index in [2.05, 4.69) is 9.88 Å². The molecule has 0 unspecified atom stereocenters. The monoisotopic (exact) mass is 428 g/mol. The Labute approximate surface area is 176 Å². The van der Waals surface area contributed by atoms with Crippen LogP contribution < -0.4 is 0 Å². The molecule has 0 spiro atoms. The second-order valence-electron chi connectivity index (χ2n) is 6.94. The van der Waals surface area contributed by atoms with E-state index in [1.54, 1.807) is 23.5 Å². The molecule has 0 saturated carbocycles. The summed E-state index contributed by atoms with van der Waals surface area (Å²) in [4.78, 5) is 32.9. The fourth-order valence-corrected chi connectivity index (χ4v) is 5.13. The molecule has 0 bridgehead atoms. The highest BCUT2D eigenvalue weighted by Gasteiger charge is 2.26. The molecule has 1 amide bonds. The van der Waals surface area contributed by atoms with E-state index in [-0.39, 0.29) is 16.5 Å². The minimum Gasteiger partial charge on any atom is -0.335 e. The van der Waals surface area contributed by atoms with Crippen LogP contribution in [-0.2, 0) is 6.54 Å². The molecule has 0 atom stereocenters. The van der Waals surface area contributed by atoms with E-state index in [9.17, 15) is 14.9 Å². The standard InChI is InChI=1S/C20H20N4O3S2/c1-14-18(29-19(21-14)16-5-10-28-13-16)20(25)23-8-6-22(7-9-23)12-15-3-2-4-17(11-15)24(26)27/h2-5,10-11,13H,6-9,12H2,1H3. The minimum atomic E-state index is -0.373.